The minimum Gasteiger partial charge on any atom is -0.423 e. The molecule has 1 aromatic carbocycles. The zero-order valence-corrected chi connectivity index (χ0v) is 13.3. The summed E-state index contributed by atoms with van der Waals surface area (Å²) >= 11 is 1.61. The number of hydrogen-bond donors (Lipinski definition) is 0. The first kappa shape index (κ1) is 14.1. The Labute approximate surface area is 136 Å². The van der Waals surface area contributed by atoms with Crippen LogP contribution in [0.15, 0.2) is 69.2 Å². The lowest BCUT2D eigenvalue weighted by atomic mass is 10.1. The largest absolute Gasteiger partial charge is 0.423 e. The molecule has 0 aliphatic rings. The summed E-state index contributed by atoms with van der Waals surface area (Å²) in [5.41, 5.74) is 3.43. The zero-order valence-electron chi connectivity index (χ0n) is 12.5. The van der Waals surface area contributed by atoms with Crippen LogP contribution in [0.2, 0.25) is 0 Å². The van der Waals surface area contributed by atoms with E-state index in [2.05, 4.69) is 4.98 Å². The van der Waals surface area contributed by atoms with Crippen LogP contribution in [-0.4, -0.2) is 9.38 Å². The number of rotatable bonds is 3. The van der Waals surface area contributed by atoms with Crippen LogP contribution in [0.4, 0.5) is 0 Å². The number of pyridine rings is 1. The highest BCUT2D eigenvalue weighted by atomic mass is 32.2. The van der Waals surface area contributed by atoms with Crippen molar-refractivity contribution < 1.29 is 4.42 Å². The third-order valence-corrected chi connectivity index (χ3v) is 4.76. The van der Waals surface area contributed by atoms with E-state index < -0.39 is 0 Å². The first-order valence-electron chi connectivity index (χ1n) is 7.29. The molecule has 0 N–H and O–H groups in total. The Morgan fingerprint density at radius 2 is 2.13 bits per heavy atom. The normalized spacial score (nSPS) is 11.3. The van der Waals surface area contributed by atoms with E-state index in [0.717, 1.165) is 27.2 Å². The third kappa shape index (κ3) is 2.64. The van der Waals surface area contributed by atoms with Gasteiger partial charge in [-0.1, -0.05) is 30.0 Å². The molecule has 5 heteroatoms. The molecule has 23 heavy (non-hydrogen) atoms. The molecule has 0 aliphatic carbocycles. The molecular formula is C18H14N2O2S. The lowest BCUT2D eigenvalue weighted by Crippen LogP contribution is -2.00. The lowest BCUT2D eigenvalue weighted by molar-refractivity contribution is 0.559. The van der Waals surface area contributed by atoms with Gasteiger partial charge in [-0.3, -0.25) is 4.40 Å². The Kier molecular flexibility index (Phi) is 3.42. The number of fused-ring (bicyclic) bond motifs is 2. The van der Waals surface area contributed by atoms with Crippen LogP contribution in [0, 0.1) is 6.92 Å². The van der Waals surface area contributed by atoms with E-state index >= 15 is 0 Å². The van der Waals surface area contributed by atoms with Gasteiger partial charge in [0.1, 0.15) is 5.58 Å². The summed E-state index contributed by atoms with van der Waals surface area (Å²) in [4.78, 5) is 16.2. The van der Waals surface area contributed by atoms with Crippen molar-refractivity contribution >= 4 is 28.2 Å². The van der Waals surface area contributed by atoms with Crippen molar-refractivity contribution in [2.24, 2.45) is 0 Å². The topological polar surface area (TPSA) is 47.5 Å². The number of nitrogens with zero attached hydrogens (tertiary/aromatic N) is 2. The highest BCUT2D eigenvalue weighted by Gasteiger charge is 2.09. The van der Waals surface area contributed by atoms with Crippen LogP contribution in [0.3, 0.4) is 0 Å². The van der Waals surface area contributed by atoms with Gasteiger partial charge in [0.05, 0.1) is 11.7 Å². The van der Waals surface area contributed by atoms with E-state index in [4.69, 9.17) is 4.42 Å². The maximum atomic E-state index is 11.8. The second-order valence-corrected chi connectivity index (χ2v) is 6.36. The molecule has 4 rings (SSSR count). The summed E-state index contributed by atoms with van der Waals surface area (Å²) in [6, 6.07) is 13.5. The number of aromatic nitrogens is 2. The molecule has 0 radical (unpaired) electrons. The van der Waals surface area contributed by atoms with Crippen molar-refractivity contribution in [3.05, 3.63) is 76.4 Å². The van der Waals surface area contributed by atoms with Crippen LogP contribution in [0.5, 0.6) is 0 Å². The fourth-order valence-electron chi connectivity index (χ4n) is 2.62. The quantitative estimate of drug-likeness (QED) is 0.422. The van der Waals surface area contributed by atoms with E-state index in [9.17, 15) is 4.79 Å². The maximum Gasteiger partial charge on any atom is 0.336 e. The highest BCUT2D eigenvalue weighted by Crippen LogP contribution is 2.26. The molecule has 114 valence electrons. The number of hydrogen-bond acceptors (Lipinski definition) is 4. The number of imidazole rings is 1. The number of thioether (sulfide) groups is 1. The monoisotopic (exact) mass is 322 g/mol. The second kappa shape index (κ2) is 5.59. The molecule has 4 nitrogen and oxygen atoms in total. The molecule has 0 saturated heterocycles. The molecule has 0 spiro atoms. The van der Waals surface area contributed by atoms with E-state index in [1.54, 1.807) is 17.8 Å². The van der Waals surface area contributed by atoms with Gasteiger partial charge in [0.2, 0.25) is 0 Å². The molecule has 3 aromatic heterocycles. The average Bonchev–Trinajstić information content (AvgIpc) is 2.95. The Morgan fingerprint density at radius 1 is 1.22 bits per heavy atom. The van der Waals surface area contributed by atoms with Gasteiger partial charge in [0, 0.05) is 23.4 Å². The van der Waals surface area contributed by atoms with Crippen molar-refractivity contribution in [1.82, 2.24) is 9.38 Å². The molecule has 0 unspecified atom stereocenters. The number of benzene rings is 1. The van der Waals surface area contributed by atoms with Crippen molar-refractivity contribution in [1.29, 1.82) is 0 Å². The second-order valence-electron chi connectivity index (χ2n) is 5.42. The van der Waals surface area contributed by atoms with Crippen LogP contribution in [0.25, 0.3) is 16.5 Å². The average molecular weight is 322 g/mol. The van der Waals surface area contributed by atoms with Crippen molar-refractivity contribution in [3.8, 4) is 0 Å². The van der Waals surface area contributed by atoms with Crippen LogP contribution >= 0.6 is 11.8 Å². The van der Waals surface area contributed by atoms with Crippen molar-refractivity contribution in [2.45, 2.75) is 17.8 Å². The van der Waals surface area contributed by atoms with E-state index in [1.165, 1.54) is 0 Å². The SMILES string of the molecule is Cc1ccc2c(CSc3ncc4ccccn34)cc(=O)oc2c1. The van der Waals surface area contributed by atoms with E-state index in [0.29, 0.717) is 11.3 Å². The Hall–Kier alpha value is -2.53. The molecule has 0 atom stereocenters. The summed E-state index contributed by atoms with van der Waals surface area (Å²) in [6.45, 7) is 1.98. The van der Waals surface area contributed by atoms with Crippen LogP contribution in [0.1, 0.15) is 11.1 Å². The first-order chi connectivity index (χ1) is 11.2. The van der Waals surface area contributed by atoms with E-state index in [1.807, 2.05) is 60.1 Å². The Morgan fingerprint density at radius 3 is 3.04 bits per heavy atom. The van der Waals surface area contributed by atoms with Gasteiger partial charge in [-0.25, -0.2) is 9.78 Å². The lowest BCUT2D eigenvalue weighted by Gasteiger charge is -2.06. The standard InChI is InChI=1S/C18H14N2O2S/c1-12-5-6-15-13(9-17(21)22-16(15)8-12)11-23-18-19-10-14-4-2-3-7-20(14)18/h2-10H,11H2,1H3. The predicted molar refractivity (Wildman–Crippen MR) is 92.0 cm³/mol. The molecule has 0 bridgehead atoms. The third-order valence-electron chi connectivity index (χ3n) is 3.75. The van der Waals surface area contributed by atoms with Gasteiger partial charge in [0.25, 0.3) is 0 Å². The zero-order chi connectivity index (χ0) is 15.8. The van der Waals surface area contributed by atoms with Gasteiger partial charge in [-0.05, 0) is 36.2 Å². The summed E-state index contributed by atoms with van der Waals surface area (Å²) in [6.07, 6.45) is 3.84. The van der Waals surface area contributed by atoms with Gasteiger partial charge in [-0.2, -0.15) is 0 Å². The van der Waals surface area contributed by atoms with Gasteiger partial charge in [-0.15, -0.1) is 0 Å². The Balaban J connectivity index is 1.71. The minimum absolute atomic E-state index is 0.313. The molecule has 0 fully saturated rings. The van der Waals surface area contributed by atoms with Gasteiger partial charge < -0.3 is 4.42 Å². The number of aryl methyl sites for hydroxylation is 1. The molecule has 0 amide bonds. The predicted octanol–water partition coefficient (Wildman–Crippen LogP) is 4.04. The Bertz CT molecular complexity index is 1070. The molecule has 3 heterocycles. The molecule has 4 aromatic rings. The van der Waals surface area contributed by atoms with Crippen LogP contribution < -0.4 is 5.63 Å². The maximum absolute atomic E-state index is 11.8. The summed E-state index contributed by atoms with van der Waals surface area (Å²) in [5.74, 6) is 0.666. The smallest absolute Gasteiger partial charge is 0.336 e. The highest BCUT2D eigenvalue weighted by molar-refractivity contribution is 7.98. The molecule has 0 saturated carbocycles. The fraction of sp³-hybridized carbons (Fsp3) is 0.111. The van der Waals surface area contributed by atoms with Gasteiger partial charge in [0.15, 0.2) is 5.16 Å². The fourth-order valence-corrected chi connectivity index (χ4v) is 3.58. The summed E-state index contributed by atoms with van der Waals surface area (Å²) in [5, 5.41) is 1.89. The minimum atomic E-state index is -0.313. The van der Waals surface area contributed by atoms with E-state index in [-0.39, 0.29) is 5.63 Å². The van der Waals surface area contributed by atoms with Crippen molar-refractivity contribution in [2.75, 3.05) is 0 Å². The van der Waals surface area contributed by atoms with Crippen LogP contribution in [-0.2, 0) is 5.75 Å². The molecule has 0 aliphatic heterocycles. The first-order valence-corrected chi connectivity index (χ1v) is 8.27. The summed E-state index contributed by atoms with van der Waals surface area (Å²) < 4.78 is 7.35. The van der Waals surface area contributed by atoms with Gasteiger partial charge >= 0.3 is 5.63 Å². The van der Waals surface area contributed by atoms with Crippen molar-refractivity contribution in [3.63, 3.8) is 0 Å². The summed E-state index contributed by atoms with van der Waals surface area (Å²) in [7, 11) is 0. The molecular weight excluding hydrogens is 308 g/mol.